The Morgan fingerprint density at radius 3 is 2.40 bits per heavy atom. The molecule has 0 radical (unpaired) electrons. The number of hydrogen-bond acceptors (Lipinski definition) is 4. The molecule has 5 nitrogen and oxygen atoms in total. The average Bonchev–Trinajstić information content (AvgIpc) is 2.48. The highest BCUT2D eigenvalue weighted by Gasteiger charge is 2.30. The second-order valence-corrected chi connectivity index (χ2v) is 8.51. The fraction of sp³-hybridized carbons (Fsp3) is 0.550. The van der Waals surface area contributed by atoms with Gasteiger partial charge in [-0.3, -0.25) is 9.59 Å². The summed E-state index contributed by atoms with van der Waals surface area (Å²) in [6, 6.07) is 7.73. The van der Waals surface area contributed by atoms with Gasteiger partial charge in [0.25, 0.3) is 5.91 Å². The van der Waals surface area contributed by atoms with Crippen LogP contribution in [0.1, 0.15) is 59.4 Å². The summed E-state index contributed by atoms with van der Waals surface area (Å²) in [5.74, 6) is 0.479. The predicted octanol–water partition coefficient (Wildman–Crippen LogP) is 3.61. The number of ketones is 1. The summed E-state index contributed by atoms with van der Waals surface area (Å²) in [6.07, 6.45) is 1.60. The van der Waals surface area contributed by atoms with Gasteiger partial charge in [-0.15, -0.1) is 0 Å². The van der Waals surface area contributed by atoms with E-state index in [1.165, 1.54) is 5.56 Å². The normalized spacial score (nSPS) is 18.9. The van der Waals surface area contributed by atoms with Crippen LogP contribution in [0.25, 0.3) is 0 Å². The van der Waals surface area contributed by atoms with Gasteiger partial charge in [0, 0.05) is 18.6 Å². The molecule has 0 spiro atoms. The molecule has 5 heteroatoms. The van der Waals surface area contributed by atoms with Gasteiger partial charge in [-0.05, 0) is 34.9 Å². The highest BCUT2D eigenvalue weighted by molar-refractivity contribution is 6.05. The molecule has 0 unspecified atom stereocenters. The Labute approximate surface area is 149 Å². The molecule has 1 amide bonds. The van der Waals surface area contributed by atoms with E-state index in [0.717, 1.165) is 5.71 Å². The number of benzene rings is 1. The highest BCUT2D eigenvalue weighted by atomic mass is 16.5. The number of nitrogens with one attached hydrogen (secondary N) is 1. The maximum absolute atomic E-state index is 11.9. The van der Waals surface area contributed by atoms with E-state index in [4.69, 9.17) is 4.74 Å². The van der Waals surface area contributed by atoms with Crippen molar-refractivity contribution in [3.8, 4) is 5.75 Å². The molecule has 1 aromatic carbocycles. The lowest BCUT2D eigenvalue weighted by molar-refractivity contribution is -0.123. The third-order valence-corrected chi connectivity index (χ3v) is 4.19. The van der Waals surface area contributed by atoms with Crippen molar-refractivity contribution in [1.29, 1.82) is 0 Å². The fourth-order valence-electron chi connectivity index (χ4n) is 2.95. The van der Waals surface area contributed by atoms with E-state index in [2.05, 4.69) is 31.3 Å². The van der Waals surface area contributed by atoms with Gasteiger partial charge in [-0.1, -0.05) is 46.8 Å². The van der Waals surface area contributed by atoms with Gasteiger partial charge in [0.2, 0.25) is 0 Å². The molecule has 1 fully saturated rings. The fourth-order valence-corrected chi connectivity index (χ4v) is 2.95. The van der Waals surface area contributed by atoms with Crippen LogP contribution in [0.15, 0.2) is 29.4 Å². The zero-order chi connectivity index (χ0) is 18.7. The molecular weight excluding hydrogens is 316 g/mol. The topological polar surface area (TPSA) is 67.8 Å². The van der Waals surface area contributed by atoms with E-state index in [1.807, 2.05) is 38.1 Å². The van der Waals surface area contributed by atoms with Crippen LogP contribution in [0.2, 0.25) is 0 Å². The van der Waals surface area contributed by atoms with E-state index in [9.17, 15) is 9.59 Å². The van der Waals surface area contributed by atoms with Gasteiger partial charge in [0.1, 0.15) is 11.5 Å². The first-order chi connectivity index (χ1) is 11.5. The summed E-state index contributed by atoms with van der Waals surface area (Å²) < 4.78 is 5.49. The van der Waals surface area contributed by atoms with Crippen LogP contribution >= 0.6 is 0 Å². The van der Waals surface area contributed by atoms with Gasteiger partial charge >= 0.3 is 0 Å². The molecule has 0 aromatic heterocycles. The third kappa shape index (κ3) is 6.00. The number of carbonyl (C=O) groups excluding carboxylic acids is 2. The summed E-state index contributed by atoms with van der Waals surface area (Å²) in [5.41, 5.74) is 4.41. The van der Waals surface area contributed by atoms with E-state index < -0.39 is 0 Å². The lowest BCUT2D eigenvalue weighted by Gasteiger charge is -2.28. The van der Waals surface area contributed by atoms with Crippen LogP contribution in [0, 0.1) is 5.41 Å². The lowest BCUT2D eigenvalue weighted by atomic mass is 9.76. The van der Waals surface area contributed by atoms with Crippen LogP contribution in [-0.4, -0.2) is 24.0 Å². The number of hydrogen-bond donors (Lipinski definition) is 1. The molecule has 0 heterocycles. The summed E-state index contributed by atoms with van der Waals surface area (Å²) in [6.45, 7) is 10.4. The molecule has 1 N–H and O–H groups in total. The third-order valence-electron chi connectivity index (χ3n) is 4.19. The predicted molar refractivity (Wildman–Crippen MR) is 98.9 cm³/mol. The first kappa shape index (κ1) is 19.2. The summed E-state index contributed by atoms with van der Waals surface area (Å²) in [4.78, 5) is 23.6. The molecule has 0 bridgehead atoms. The SMILES string of the molecule is CC1(C)CC(=O)C/C(=N\NC(=O)COc2ccc(C(C)(C)C)cc2)C1. The molecule has 136 valence electrons. The van der Waals surface area contributed by atoms with Gasteiger partial charge < -0.3 is 4.74 Å². The van der Waals surface area contributed by atoms with Crippen molar-refractivity contribution in [2.45, 2.75) is 59.3 Å². The zero-order valence-electron chi connectivity index (χ0n) is 15.8. The van der Waals surface area contributed by atoms with Gasteiger partial charge in [-0.2, -0.15) is 5.10 Å². The minimum absolute atomic E-state index is 0.0806. The minimum Gasteiger partial charge on any atom is -0.484 e. The first-order valence-electron chi connectivity index (χ1n) is 8.64. The van der Waals surface area contributed by atoms with E-state index in [1.54, 1.807) is 0 Å². The second-order valence-electron chi connectivity index (χ2n) is 8.51. The standard InChI is InChI=1S/C20H28N2O3/c1-19(2,3)14-6-8-17(9-7-14)25-13-18(24)22-21-15-10-16(23)12-20(4,5)11-15/h6-9H,10-13H2,1-5H3,(H,22,24)/b21-15+. The molecule has 1 aromatic rings. The van der Waals surface area contributed by atoms with E-state index in [0.29, 0.717) is 25.0 Å². The van der Waals surface area contributed by atoms with E-state index in [-0.39, 0.29) is 29.1 Å². The Hall–Kier alpha value is -2.17. The summed E-state index contributed by atoms with van der Waals surface area (Å²) in [7, 11) is 0. The smallest absolute Gasteiger partial charge is 0.277 e. The highest BCUT2D eigenvalue weighted by Crippen LogP contribution is 2.31. The maximum atomic E-state index is 11.9. The Kier molecular flexibility index (Phi) is 5.65. The first-order valence-corrected chi connectivity index (χ1v) is 8.64. The minimum atomic E-state index is -0.330. The molecule has 0 saturated heterocycles. The Morgan fingerprint density at radius 1 is 1.20 bits per heavy atom. The zero-order valence-corrected chi connectivity index (χ0v) is 15.8. The number of carbonyl (C=O) groups is 2. The van der Waals surface area contributed by atoms with E-state index >= 15 is 0 Å². The van der Waals surface area contributed by atoms with Crippen molar-refractivity contribution in [3.05, 3.63) is 29.8 Å². The van der Waals surface area contributed by atoms with Gasteiger partial charge in [0.05, 0.1) is 0 Å². The number of amides is 1. The molecule has 1 aliphatic carbocycles. The summed E-state index contributed by atoms with van der Waals surface area (Å²) in [5, 5.41) is 4.10. The second kappa shape index (κ2) is 7.38. The Morgan fingerprint density at radius 2 is 1.84 bits per heavy atom. The number of hydrazone groups is 1. The quantitative estimate of drug-likeness (QED) is 0.848. The van der Waals surface area contributed by atoms with Crippen LogP contribution < -0.4 is 10.2 Å². The van der Waals surface area contributed by atoms with Crippen molar-refractivity contribution in [2.75, 3.05) is 6.61 Å². The van der Waals surface area contributed by atoms with Crippen LogP contribution in [0.3, 0.4) is 0 Å². The largest absolute Gasteiger partial charge is 0.484 e. The summed E-state index contributed by atoms with van der Waals surface area (Å²) >= 11 is 0. The van der Waals surface area contributed by atoms with Crippen molar-refractivity contribution in [1.82, 2.24) is 5.43 Å². The van der Waals surface area contributed by atoms with Crippen molar-refractivity contribution in [2.24, 2.45) is 10.5 Å². The molecule has 1 saturated carbocycles. The molecule has 25 heavy (non-hydrogen) atoms. The Bertz CT molecular complexity index is 667. The molecular formula is C20H28N2O3. The maximum Gasteiger partial charge on any atom is 0.277 e. The van der Waals surface area contributed by atoms with Gasteiger partial charge in [0.15, 0.2) is 6.61 Å². The van der Waals surface area contributed by atoms with Crippen LogP contribution in [0.5, 0.6) is 5.75 Å². The number of rotatable bonds is 4. The van der Waals surface area contributed by atoms with Crippen molar-refractivity contribution >= 4 is 17.4 Å². The molecule has 2 rings (SSSR count). The number of ether oxygens (including phenoxy) is 1. The van der Waals surface area contributed by atoms with Crippen LogP contribution in [0.4, 0.5) is 0 Å². The number of Topliss-reactive ketones (excluding diaryl/α,β-unsaturated/α-hetero) is 1. The Balaban J connectivity index is 1.84. The van der Waals surface area contributed by atoms with Crippen LogP contribution in [-0.2, 0) is 15.0 Å². The van der Waals surface area contributed by atoms with Crippen molar-refractivity contribution in [3.63, 3.8) is 0 Å². The van der Waals surface area contributed by atoms with Gasteiger partial charge in [-0.25, -0.2) is 5.43 Å². The lowest BCUT2D eigenvalue weighted by Crippen LogP contribution is -2.32. The number of nitrogens with zero attached hydrogens (tertiary/aromatic N) is 1. The monoisotopic (exact) mass is 344 g/mol. The molecule has 0 aliphatic heterocycles. The molecule has 1 aliphatic rings. The average molecular weight is 344 g/mol. The molecule has 0 atom stereocenters. The van der Waals surface area contributed by atoms with Crippen molar-refractivity contribution < 1.29 is 14.3 Å².